The first-order chi connectivity index (χ1) is 8.56. The number of benzene rings is 1. The molecular formula is C14H15NO2S. The number of pyridine rings is 1. The van der Waals surface area contributed by atoms with E-state index in [0.29, 0.717) is 6.42 Å². The standard InChI is InChI=1S/C14H15NO2S/c1-18(16,17)10-8-13-7-9-15-11-14(13)12-5-3-2-4-6-12/h2-7,9,11H,8,10H2,1H3. The molecule has 0 fully saturated rings. The van der Waals surface area contributed by atoms with Gasteiger partial charge in [0.05, 0.1) is 5.75 Å². The molecule has 0 spiro atoms. The van der Waals surface area contributed by atoms with Crippen LogP contribution in [0.2, 0.25) is 0 Å². The summed E-state index contributed by atoms with van der Waals surface area (Å²) in [5.41, 5.74) is 3.08. The molecule has 1 heterocycles. The summed E-state index contributed by atoms with van der Waals surface area (Å²) >= 11 is 0. The Morgan fingerprint density at radius 1 is 1.11 bits per heavy atom. The van der Waals surface area contributed by atoms with Crippen LogP contribution in [-0.4, -0.2) is 25.4 Å². The molecule has 0 aliphatic rings. The minimum Gasteiger partial charge on any atom is -0.264 e. The lowest BCUT2D eigenvalue weighted by Gasteiger charge is -2.08. The van der Waals surface area contributed by atoms with Crippen LogP contribution >= 0.6 is 0 Å². The highest BCUT2D eigenvalue weighted by Crippen LogP contribution is 2.22. The Hall–Kier alpha value is -1.68. The second-order valence-corrected chi connectivity index (χ2v) is 6.54. The van der Waals surface area contributed by atoms with Gasteiger partial charge >= 0.3 is 0 Å². The van der Waals surface area contributed by atoms with E-state index in [9.17, 15) is 8.42 Å². The van der Waals surface area contributed by atoms with Crippen LogP contribution in [-0.2, 0) is 16.3 Å². The number of sulfone groups is 1. The van der Waals surface area contributed by atoms with Gasteiger partial charge in [0, 0.05) is 24.2 Å². The second kappa shape index (κ2) is 5.31. The lowest BCUT2D eigenvalue weighted by Crippen LogP contribution is -2.06. The van der Waals surface area contributed by atoms with Crippen molar-refractivity contribution in [3.63, 3.8) is 0 Å². The Kier molecular flexibility index (Phi) is 3.77. The third-order valence-corrected chi connectivity index (χ3v) is 3.68. The van der Waals surface area contributed by atoms with Crippen molar-refractivity contribution in [1.29, 1.82) is 0 Å². The molecule has 0 bridgehead atoms. The zero-order chi connectivity index (χ0) is 13.0. The second-order valence-electron chi connectivity index (χ2n) is 4.28. The van der Waals surface area contributed by atoms with E-state index < -0.39 is 9.84 Å². The van der Waals surface area contributed by atoms with Crippen LogP contribution in [0.15, 0.2) is 48.8 Å². The van der Waals surface area contributed by atoms with Gasteiger partial charge in [-0.2, -0.15) is 0 Å². The average Bonchev–Trinajstić information content (AvgIpc) is 2.37. The van der Waals surface area contributed by atoms with Crippen molar-refractivity contribution in [2.45, 2.75) is 6.42 Å². The maximum atomic E-state index is 11.2. The average molecular weight is 261 g/mol. The smallest absolute Gasteiger partial charge is 0.147 e. The van der Waals surface area contributed by atoms with E-state index in [1.807, 2.05) is 36.4 Å². The van der Waals surface area contributed by atoms with E-state index >= 15 is 0 Å². The van der Waals surface area contributed by atoms with E-state index in [1.54, 1.807) is 12.4 Å². The normalized spacial score (nSPS) is 11.4. The highest BCUT2D eigenvalue weighted by atomic mass is 32.2. The Morgan fingerprint density at radius 2 is 1.83 bits per heavy atom. The number of aromatic nitrogens is 1. The number of aryl methyl sites for hydroxylation is 1. The lowest BCUT2D eigenvalue weighted by atomic mass is 10.0. The molecule has 0 atom stereocenters. The maximum Gasteiger partial charge on any atom is 0.147 e. The van der Waals surface area contributed by atoms with Gasteiger partial charge in [-0.05, 0) is 23.6 Å². The fraction of sp³-hybridized carbons (Fsp3) is 0.214. The summed E-state index contributed by atoms with van der Waals surface area (Å²) in [5.74, 6) is 0.164. The largest absolute Gasteiger partial charge is 0.264 e. The number of hydrogen-bond acceptors (Lipinski definition) is 3. The van der Waals surface area contributed by atoms with Gasteiger partial charge in [0.15, 0.2) is 0 Å². The fourth-order valence-corrected chi connectivity index (χ4v) is 2.40. The third-order valence-electron chi connectivity index (χ3n) is 2.74. The molecule has 0 radical (unpaired) electrons. The molecule has 0 saturated carbocycles. The molecule has 3 nitrogen and oxygen atoms in total. The SMILES string of the molecule is CS(=O)(=O)CCc1ccncc1-c1ccccc1. The zero-order valence-electron chi connectivity index (χ0n) is 10.2. The molecule has 0 aliphatic carbocycles. The van der Waals surface area contributed by atoms with Crippen LogP contribution in [0.25, 0.3) is 11.1 Å². The first-order valence-electron chi connectivity index (χ1n) is 5.72. The number of nitrogens with zero attached hydrogens (tertiary/aromatic N) is 1. The molecule has 4 heteroatoms. The molecule has 1 aromatic carbocycles. The van der Waals surface area contributed by atoms with Crippen molar-refractivity contribution >= 4 is 9.84 Å². The van der Waals surface area contributed by atoms with Crippen molar-refractivity contribution in [1.82, 2.24) is 4.98 Å². The Morgan fingerprint density at radius 3 is 2.50 bits per heavy atom. The summed E-state index contributed by atoms with van der Waals surface area (Å²) in [6.07, 6.45) is 5.26. The molecule has 0 N–H and O–H groups in total. The van der Waals surface area contributed by atoms with Gasteiger partial charge in [-0.25, -0.2) is 8.42 Å². The topological polar surface area (TPSA) is 47.0 Å². The van der Waals surface area contributed by atoms with Gasteiger partial charge in [0.1, 0.15) is 9.84 Å². The van der Waals surface area contributed by atoms with Crippen LogP contribution in [0.1, 0.15) is 5.56 Å². The first kappa shape index (κ1) is 12.8. The summed E-state index contributed by atoms with van der Waals surface area (Å²) in [6, 6.07) is 11.8. The van der Waals surface area contributed by atoms with Gasteiger partial charge in [-0.1, -0.05) is 30.3 Å². The summed E-state index contributed by atoms with van der Waals surface area (Å²) in [5, 5.41) is 0. The molecule has 2 aromatic rings. The first-order valence-corrected chi connectivity index (χ1v) is 7.78. The van der Waals surface area contributed by atoms with E-state index in [-0.39, 0.29) is 5.75 Å². The van der Waals surface area contributed by atoms with Gasteiger partial charge in [-0.15, -0.1) is 0 Å². The molecule has 2 rings (SSSR count). The van der Waals surface area contributed by atoms with Crippen LogP contribution in [0.4, 0.5) is 0 Å². The predicted molar refractivity (Wildman–Crippen MR) is 73.1 cm³/mol. The Balaban J connectivity index is 2.32. The molecular weight excluding hydrogens is 246 g/mol. The van der Waals surface area contributed by atoms with Gasteiger partial charge < -0.3 is 0 Å². The summed E-state index contributed by atoms with van der Waals surface area (Å²) in [4.78, 5) is 4.12. The molecule has 0 aliphatic heterocycles. The minimum absolute atomic E-state index is 0.164. The van der Waals surface area contributed by atoms with E-state index in [4.69, 9.17) is 0 Å². The quantitative estimate of drug-likeness (QED) is 0.848. The third kappa shape index (κ3) is 3.40. The van der Waals surface area contributed by atoms with Gasteiger partial charge in [-0.3, -0.25) is 4.98 Å². The highest BCUT2D eigenvalue weighted by Gasteiger charge is 2.08. The number of hydrogen-bond donors (Lipinski definition) is 0. The number of rotatable bonds is 4. The maximum absolute atomic E-state index is 11.2. The van der Waals surface area contributed by atoms with E-state index in [2.05, 4.69) is 4.98 Å². The van der Waals surface area contributed by atoms with E-state index in [0.717, 1.165) is 16.7 Å². The zero-order valence-corrected chi connectivity index (χ0v) is 11.0. The van der Waals surface area contributed by atoms with Crippen LogP contribution in [0.3, 0.4) is 0 Å². The summed E-state index contributed by atoms with van der Waals surface area (Å²) < 4.78 is 22.5. The van der Waals surface area contributed by atoms with Gasteiger partial charge in [0.2, 0.25) is 0 Å². The molecule has 18 heavy (non-hydrogen) atoms. The van der Waals surface area contributed by atoms with Crippen LogP contribution in [0, 0.1) is 0 Å². The van der Waals surface area contributed by atoms with Crippen molar-refractivity contribution in [2.24, 2.45) is 0 Å². The molecule has 1 aromatic heterocycles. The van der Waals surface area contributed by atoms with Crippen molar-refractivity contribution in [3.05, 3.63) is 54.4 Å². The van der Waals surface area contributed by atoms with Crippen molar-refractivity contribution in [3.8, 4) is 11.1 Å². The summed E-state index contributed by atoms with van der Waals surface area (Å²) in [6.45, 7) is 0. The van der Waals surface area contributed by atoms with E-state index in [1.165, 1.54) is 6.26 Å². The monoisotopic (exact) mass is 261 g/mol. The van der Waals surface area contributed by atoms with Crippen LogP contribution in [0.5, 0.6) is 0 Å². The lowest BCUT2D eigenvalue weighted by molar-refractivity contribution is 0.601. The molecule has 0 unspecified atom stereocenters. The minimum atomic E-state index is -2.94. The molecule has 0 amide bonds. The van der Waals surface area contributed by atoms with Gasteiger partial charge in [0.25, 0.3) is 0 Å². The van der Waals surface area contributed by atoms with Crippen molar-refractivity contribution < 1.29 is 8.42 Å². The highest BCUT2D eigenvalue weighted by molar-refractivity contribution is 7.90. The fourth-order valence-electron chi connectivity index (χ4n) is 1.81. The van der Waals surface area contributed by atoms with Crippen molar-refractivity contribution in [2.75, 3.05) is 12.0 Å². The molecule has 94 valence electrons. The predicted octanol–water partition coefficient (Wildman–Crippen LogP) is 2.34. The Labute approximate surface area is 107 Å². The summed E-state index contributed by atoms with van der Waals surface area (Å²) in [7, 11) is -2.94. The van der Waals surface area contributed by atoms with Crippen LogP contribution < -0.4 is 0 Å². The Bertz CT molecular complexity index is 621. The molecule has 0 saturated heterocycles.